The molecule has 4 bridgehead atoms. The van der Waals surface area contributed by atoms with Gasteiger partial charge >= 0.3 is 11.9 Å². The molecule has 0 aromatic heterocycles. The van der Waals surface area contributed by atoms with E-state index in [4.69, 9.17) is 14.2 Å². The van der Waals surface area contributed by atoms with Gasteiger partial charge in [-0.2, -0.15) is 0 Å². The minimum atomic E-state index is -1.15. The number of carbonyl (C=O) groups excluding carboxylic acids is 3. The van der Waals surface area contributed by atoms with Gasteiger partial charge in [-0.3, -0.25) is 9.59 Å². The van der Waals surface area contributed by atoms with E-state index in [0.717, 1.165) is 18.8 Å². The SMILES string of the molecule is C=C1C(=O)OC2C(CC3=CCC4CC3C4(C)C)C(C)C3=CC(=O)C(C)(CC(OC(=O)CC(C)C)C12)O3. The zero-order valence-electron chi connectivity index (χ0n) is 22.5. The summed E-state index contributed by atoms with van der Waals surface area (Å²) in [6.07, 6.45) is 6.19. The highest BCUT2D eigenvalue weighted by Gasteiger charge is 2.58. The van der Waals surface area contributed by atoms with E-state index >= 15 is 0 Å². The van der Waals surface area contributed by atoms with Crippen LogP contribution in [0, 0.1) is 40.9 Å². The van der Waals surface area contributed by atoms with Crippen molar-refractivity contribution in [3.05, 3.63) is 35.6 Å². The van der Waals surface area contributed by atoms with Crippen LogP contribution in [0.15, 0.2) is 35.6 Å². The van der Waals surface area contributed by atoms with Crippen LogP contribution >= 0.6 is 0 Å². The number of ketones is 1. The van der Waals surface area contributed by atoms with E-state index < -0.39 is 29.7 Å². The number of fused-ring (bicyclic) bond motifs is 4. The van der Waals surface area contributed by atoms with Gasteiger partial charge in [-0.05, 0) is 49.4 Å². The molecule has 2 saturated heterocycles. The zero-order valence-corrected chi connectivity index (χ0v) is 22.5. The lowest BCUT2D eigenvalue weighted by Crippen LogP contribution is -2.49. The molecule has 3 aliphatic heterocycles. The van der Waals surface area contributed by atoms with Crippen molar-refractivity contribution in [2.45, 2.75) is 91.5 Å². The lowest BCUT2D eigenvalue weighted by molar-refractivity contribution is -0.159. The molecule has 8 unspecified atom stereocenters. The molecular formula is C30H40O6. The zero-order chi connectivity index (χ0) is 26.2. The van der Waals surface area contributed by atoms with Gasteiger partial charge in [0, 0.05) is 36.3 Å². The van der Waals surface area contributed by atoms with Crippen LogP contribution in [0.5, 0.6) is 0 Å². The molecule has 6 aliphatic rings. The summed E-state index contributed by atoms with van der Waals surface area (Å²) in [4.78, 5) is 38.9. The van der Waals surface area contributed by atoms with Crippen LogP contribution in [-0.4, -0.2) is 35.5 Å². The monoisotopic (exact) mass is 496 g/mol. The summed E-state index contributed by atoms with van der Waals surface area (Å²) < 4.78 is 18.4. The maximum Gasteiger partial charge on any atom is 0.334 e. The summed E-state index contributed by atoms with van der Waals surface area (Å²) in [5.41, 5.74) is 0.856. The minimum Gasteiger partial charge on any atom is -0.483 e. The first-order valence-corrected chi connectivity index (χ1v) is 13.5. The van der Waals surface area contributed by atoms with E-state index in [1.807, 2.05) is 13.8 Å². The lowest BCUT2D eigenvalue weighted by atomic mass is 9.48. The third-order valence-electron chi connectivity index (χ3n) is 9.82. The topological polar surface area (TPSA) is 78.9 Å². The molecule has 0 spiro atoms. The molecule has 0 radical (unpaired) electrons. The van der Waals surface area contributed by atoms with Crippen molar-refractivity contribution in [1.29, 1.82) is 0 Å². The first kappa shape index (κ1) is 25.3. The molecule has 36 heavy (non-hydrogen) atoms. The fraction of sp³-hybridized carbons (Fsp3) is 0.700. The second kappa shape index (κ2) is 8.59. The quantitative estimate of drug-likeness (QED) is 0.291. The Labute approximate surface area is 214 Å². The molecule has 6 heteroatoms. The fourth-order valence-electron chi connectivity index (χ4n) is 7.33. The normalized spacial score (nSPS) is 40.6. The van der Waals surface area contributed by atoms with E-state index in [2.05, 4.69) is 33.4 Å². The van der Waals surface area contributed by atoms with E-state index in [9.17, 15) is 14.4 Å². The maximum atomic E-state index is 13.2. The molecule has 3 fully saturated rings. The van der Waals surface area contributed by atoms with Crippen LogP contribution in [0.2, 0.25) is 0 Å². The lowest BCUT2D eigenvalue weighted by Gasteiger charge is -2.57. The number of rotatable bonds is 5. The molecular weight excluding hydrogens is 456 g/mol. The molecule has 1 saturated carbocycles. The largest absolute Gasteiger partial charge is 0.483 e. The fourth-order valence-corrected chi connectivity index (χ4v) is 7.33. The van der Waals surface area contributed by atoms with Crippen molar-refractivity contribution in [2.24, 2.45) is 40.9 Å². The number of hydrogen-bond donors (Lipinski definition) is 0. The second-order valence-corrected chi connectivity index (χ2v) is 13.0. The van der Waals surface area contributed by atoms with Gasteiger partial charge in [-0.25, -0.2) is 4.79 Å². The van der Waals surface area contributed by atoms with Crippen LogP contribution < -0.4 is 0 Å². The Morgan fingerprint density at radius 2 is 1.97 bits per heavy atom. The van der Waals surface area contributed by atoms with Crippen LogP contribution in [0.3, 0.4) is 0 Å². The highest BCUT2D eigenvalue weighted by Crippen LogP contribution is 2.61. The Kier molecular flexibility index (Phi) is 6.04. The van der Waals surface area contributed by atoms with Crippen molar-refractivity contribution in [1.82, 2.24) is 0 Å². The molecule has 6 rings (SSSR count). The average Bonchev–Trinajstić information content (AvgIpc) is 3.25. The Hall–Kier alpha value is -2.37. The summed E-state index contributed by atoms with van der Waals surface area (Å²) in [5.74, 6) is 0.321. The molecule has 196 valence electrons. The molecule has 8 atom stereocenters. The third-order valence-corrected chi connectivity index (χ3v) is 9.82. The molecule has 0 aromatic rings. The standard InChI is InChI=1S/C30H40O6/c1-15(2)10-25(32)34-23-14-30(7)24(31)13-22(36-30)16(3)20(27-26(23)17(4)28(33)35-27)11-18-8-9-19-12-21(18)29(19,5)6/h8,13,15-16,19-21,23,26-27H,4,9-12,14H2,1-3,5-7H3. The number of esters is 2. The highest BCUT2D eigenvalue weighted by atomic mass is 16.6. The second-order valence-electron chi connectivity index (χ2n) is 13.0. The number of hydrogen-bond acceptors (Lipinski definition) is 6. The number of carbonyl (C=O) groups is 3. The van der Waals surface area contributed by atoms with Gasteiger partial charge in [0.15, 0.2) is 5.60 Å². The predicted molar refractivity (Wildman–Crippen MR) is 134 cm³/mol. The summed E-state index contributed by atoms with van der Waals surface area (Å²) >= 11 is 0. The van der Waals surface area contributed by atoms with E-state index in [0.29, 0.717) is 17.3 Å². The molecule has 3 heterocycles. The highest BCUT2D eigenvalue weighted by molar-refractivity contribution is 5.99. The van der Waals surface area contributed by atoms with Gasteiger partial charge in [-0.1, -0.05) is 52.8 Å². The van der Waals surface area contributed by atoms with Crippen LogP contribution in [-0.2, 0) is 28.6 Å². The maximum absolute atomic E-state index is 13.2. The summed E-state index contributed by atoms with van der Waals surface area (Å²) in [7, 11) is 0. The van der Waals surface area contributed by atoms with Crippen LogP contribution in [0.25, 0.3) is 0 Å². The van der Waals surface area contributed by atoms with Crippen molar-refractivity contribution in [2.75, 3.05) is 0 Å². The van der Waals surface area contributed by atoms with E-state index in [1.165, 1.54) is 12.0 Å². The first-order valence-electron chi connectivity index (χ1n) is 13.5. The van der Waals surface area contributed by atoms with Crippen molar-refractivity contribution >= 4 is 17.7 Å². The van der Waals surface area contributed by atoms with E-state index in [-0.39, 0.29) is 47.8 Å². The van der Waals surface area contributed by atoms with Gasteiger partial charge in [0.2, 0.25) is 5.78 Å². The predicted octanol–water partition coefficient (Wildman–Crippen LogP) is 5.32. The van der Waals surface area contributed by atoms with Crippen molar-refractivity contribution in [3.63, 3.8) is 0 Å². The van der Waals surface area contributed by atoms with Crippen LogP contribution in [0.4, 0.5) is 0 Å². The Morgan fingerprint density at radius 1 is 1.25 bits per heavy atom. The number of ether oxygens (including phenoxy) is 3. The van der Waals surface area contributed by atoms with Gasteiger partial charge in [0.1, 0.15) is 18.0 Å². The molecule has 0 aromatic carbocycles. The van der Waals surface area contributed by atoms with Gasteiger partial charge in [0.05, 0.1) is 5.92 Å². The minimum absolute atomic E-state index is 0.122. The number of allylic oxidation sites excluding steroid dienone is 3. The first-order chi connectivity index (χ1) is 16.8. The van der Waals surface area contributed by atoms with Crippen molar-refractivity contribution in [3.8, 4) is 0 Å². The van der Waals surface area contributed by atoms with Gasteiger partial charge in [0.25, 0.3) is 0 Å². The Bertz CT molecular complexity index is 1060. The average molecular weight is 497 g/mol. The molecule has 0 amide bonds. The van der Waals surface area contributed by atoms with Crippen molar-refractivity contribution < 1.29 is 28.6 Å². The molecule has 6 nitrogen and oxygen atoms in total. The summed E-state index contributed by atoms with van der Waals surface area (Å²) in [6.45, 7) is 16.5. The summed E-state index contributed by atoms with van der Waals surface area (Å²) in [6, 6.07) is 0. The third kappa shape index (κ3) is 3.95. The Balaban J connectivity index is 1.54. The molecule has 0 N–H and O–H groups in total. The summed E-state index contributed by atoms with van der Waals surface area (Å²) in [5, 5.41) is 0. The van der Waals surface area contributed by atoms with Gasteiger partial charge < -0.3 is 14.2 Å². The smallest absolute Gasteiger partial charge is 0.334 e. The van der Waals surface area contributed by atoms with Crippen LogP contribution in [0.1, 0.15) is 73.6 Å². The molecule has 3 aliphatic carbocycles. The van der Waals surface area contributed by atoms with E-state index in [1.54, 1.807) is 13.0 Å². The Morgan fingerprint density at radius 3 is 2.61 bits per heavy atom. The van der Waals surface area contributed by atoms with Gasteiger partial charge in [-0.15, -0.1) is 0 Å².